The Labute approximate surface area is 56.9 Å². The Morgan fingerprint density at radius 1 is 1.33 bits per heavy atom. The monoisotopic (exact) mass is 123 g/mol. The molecular formula is C8H13N. The summed E-state index contributed by atoms with van der Waals surface area (Å²) in [5.74, 6) is 0.902. The molecule has 0 spiro atoms. The molecule has 0 heterocycles. The molecule has 0 radical (unpaired) electrons. The number of nitrogens with zero attached hydrogens (tertiary/aromatic N) is 1. The standard InChI is InChI=1S/C8H13N/c1-9-7-6-8-4-2-3-5-8/h8H,2-7H2. The van der Waals surface area contributed by atoms with Crippen LogP contribution in [0.15, 0.2) is 0 Å². The fourth-order valence-corrected chi connectivity index (χ4v) is 1.55. The van der Waals surface area contributed by atoms with Gasteiger partial charge in [-0.2, -0.15) is 0 Å². The number of rotatable bonds is 2. The molecule has 0 aromatic heterocycles. The van der Waals surface area contributed by atoms with Crippen LogP contribution >= 0.6 is 0 Å². The lowest BCUT2D eigenvalue weighted by Gasteiger charge is -2.00. The molecule has 1 saturated carbocycles. The van der Waals surface area contributed by atoms with Crippen LogP contribution in [0, 0.1) is 12.5 Å². The summed E-state index contributed by atoms with van der Waals surface area (Å²) in [4.78, 5) is 3.35. The highest BCUT2D eigenvalue weighted by atomic mass is 14.6. The van der Waals surface area contributed by atoms with Crippen LogP contribution in [-0.4, -0.2) is 6.54 Å². The van der Waals surface area contributed by atoms with Gasteiger partial charge in [0.1, 0.15) is 0 Å². The zero-order valence-electron chi connectivity index (χ0n) is 5.77. The second-order valence-electron chi connectivity index (χ2n) is 2.82. The lowest BCUT2D eigenvalue weighted by molar-refractivity contribution is 0.524. The maximum Gasteiger partial charge on any atom is 0.214 e. The Hall–Kier alpha value is -0.510. The highest BCUT2D eigenvalue weighted by Crippen LogP contribution is 2.27. The molecule has 0 amide bonds. The molecule has 1 heteroatoms. The predicted octanol–water partition coefficient (Wildman–Crippen LogP) is 2.49. The Kier molecular flexibility index (Phi) is 2.57. The molecule has 1 aliphatic carbocycles. The van der Waals surface area contributed by atoms with Crippen LogP contribution in [0.2, 0.25) is 0 Å². The Bertz CT molecular complexity index is 106. The zero-order valence-corrected chi connectivity index (χ0v) is 5.77. The van der Waals surface area contributed by atoms with Crippen LogP contribution in [0.4, 0.5) is 0 Å². The van der Waals surface area contributed by atoms with E-state index in [9.17, 15) is 0 Å². The van der Waals surface area contributed by atoms with Gasteiger partial charge in [-0.25, -0.2) is 6.57 Å². The fraction of sp³-hybridized carbons (Fsp3) is 0.875. The predicted molar refractivity (Wildman–Crippen MR) is 38.0 cm³/mol. The van der Waals surface area contributed by atoms with Crippen molar-refractivity contribution in [2.75, 3.05) is 6.54 Å². The quantitative estimate of drug-likeness (QED) is 0.497. The third kappa shape index (κ3) is 2.05. The molecule has 0 aromatic carbocycles. The second kappa shape index (κ2) is 3.50. The molecule has 0 unspecified atom stereocenters. The molecule has 1 nitrogen and oxygen atoms in total. The van der Waals surface area contributed by atoms with E-state index in [0.29, 0.717) is 0 Å². The number of hydrogen-bond donors (Lipinski definition) is 0. The van der Waals surface area contributed by atoms with Crippen molar-refractivity contribution in [3.8, 4) is 0 Å². The van der Waals surface area contributed by atoms with Gasteiger partial charge < -0.3 is 4.85 Å². The van der Waals surface area contributed by atoms with Crippen LogP contribution in [0.25, 0.3) is 4.85 Å². The molecule has 1 fully saturated rings. The van der Waals surface area contributed by atoms with Crippen molar-refractivity contribution < 1.29 is 0 Å². The Morgan fingerprint density at radius 2 is 2.00 bits per heavy atom. The van der Waals surface area contributed by atoms with Gasteiger partial charge in [0.2, 0.25) is 6.54 Å². The average Bonchev–Trinajstić information content (AvgIpc) is 2.34. The van der Waals surface area contributed by atoms with Gasteiger partial charge in [-0.1, -0.05) is 25.7 Å². The first-order chi connectivity index (χ1) is 4.43. The van der Waals surface area contributed by atoms with Gasteiger partial charge in [0.15, 0.2) is 0 Å². The SMILES string of the molecule is [C-]#[N+]CCC1CCCC1. The molecule has 0 aliphatic heterocycles. The maximum absolute atomic E-state index is 6.59. The summed E-state index contributed by atoms with van der Waals surface area (Å²) >= 11 is 0. The highest BCUT2D eigenvalue weighted by Gasteiger charge is 2.14. The first kappa shape index (κ1) is 6.61. The Balaban J connectivity index is 2.06. The van der Waals surface area contributed by atoms with Crippen LogP contribution in [0.3, 0.4) is 0 Å². The summed E-state index contributed by atoms with van der Waals surface area (Å²) < 4.78 is 0. The van der Waals surface area contributed by atoms with Crippen LogP contribution in [-0.2, 0) is 0 Å². The maximum atomic E-state index is 6.59. The lowest BCUT2D eigenvalue weighted by atomic mass is 10.1. The highest BCUT2D eigenvalue weighted by molar-refractivity contribution is 4.71. The third-order valence-electron chi connectivity index (χ3n) is 2.12. The third-order valence-corrected chi connectivity index (χ3v) is 2.12. The van der Waals surface area contributed by atoms with Crippen molar-refractivity contribution >= 4 is 0 Å². The smallest absolute Gasteiger partial charge is 0.214 e. The van der Waals surface area contributed by atoms with E-state index in [1.165, 1.54) is 25.7 Å². The van der Waals surface area contributed by atoms with E-state index in [-0.39, 0.29) is 0 Å². The van der Waals surface area contributed by atoms with Gasteiger partial charge in [0, 0.05) is 6.42 Å². The van der Waals surface area contributed by atoms with E-state index in [4.69, 9.17) is 6.57 Å². The Morgan fingerprint density at radius 3 is 2.56 bits per heavy atom. The minimum absolute atomic E-state index is 0.755. The minimum atomic E-state index is 0.755. The topological polar surface area (TPSA) is 4.36 Å². The van der Waals surface area contributed by atoms with Crippen molar-refractivity contribution in [1.29, 1.82) is 0 Å². The van der Waals surface area contributed by atoms with Gasteiger partial charge in [0.05, 0.1) is 0 Å². The summed E-state index contributed by atoms with van der Waals surface area (Å²) in [5.41, 5.74) is 0. The molecule has 1 aliphatic rings. The average molecular weight is 123 g/mol. The first-order valence-electron chi connectivity index (χ1n) is 3.76. The molecule has 0 aromatic rings. The first-order valence-corrected chi connectivity index (χ1v) is 3.76. The van der Waals surface area contributed by atoms with Gasteiger partial charge in [-0.05, 0) is 5.92 Å². The van der Waals surface area contributed by atoms with Crippen LogP contribution in [0.1, 0.15) is 32.1 Å². The van der Waals surface area contributed by atoms with Crippen LogP contribution in [0.5, 0.6) is 0 Å². The summed E-state index contributed by atoms with van der Waals surface area (Å²) in [6.45, 7) is 7.35. The summed E-state index contributed by atoms with van der Waals surface area (Å²) in [7, 11) is 0. The van der Waals surface area contributed by atoms with Crippen molar-refractivity contribution in [2.45, 2.75) is 32.1 Å². The van der Waals surface area contributed by atoms with Gasteiger partial charge in [-0.3, -0.25) is 0 Å². The van der Waals surface area contributed by atoms with E-state index < -0.39 is 0 Å². The van der Waals surface area contributed by atoms with Crippen molar-refractivity contribution in [3.63, 3.8) is 0 Å². The minimum Gasteiger partial charge on any atom is -0.317 e. The number of hydrogen-bond acceptors (Lipinski definition) is 0. The fourth-order valence-electron chi connectivity index (χ4n) is 1.55. The molecule has 0 saturated heterocycles. The molecule has 0 bridgehead atoms. The molecule has 0 N–H and O–H groups in total. The molecule has 0 atom stereocenters. The molecular weight excluding hydrogens is 110 g/mol. The zero-order chi connectivity index (χ0) is 6.53. The van der Waals surface area contributed by atoms with Gasteiger partial charge >= 0.3 is 0 Å². The molecule has 1 rings (SSSR count). The van der Waals surface area contributed by atoms with Gasteiger partial charge in [0.25, 0.3) is 0 Å². The van der Waals surface area contributed by atoms with Crippen molar-refractivity contribution in [2.24, 2.45) is 5.92 Å². The van der Waals surface area contributed by atoms with Gasteiger partial charge in [-0.15, -0.1) is 0 Å². The summed E-state index contributed by atoms with van der Waals surface area (Å²) in [5, 5.41) is 0. The van der Waals surface area contributed by atoms with E-state index in [0.717, 1.165) is 18.9 Å². The molecule has 9 heavy (non-hydrogen) atoms. The van der Waals surface area contributed by atoms with E-state index in [2.05, 4.69) is 4.85 Å². The van der Waals surface area contributed by atoms with E-state index >= 15 is 0 Å². The van der Waals surface area contributed by atoms with Crippen molar-refractivity contribution in [1.82, 2.24) is 0 Å². The molecule has 50 valence electrons. The van der Waals surface area contributed by atoms with E-state index in [1.807, 2.05) is 0 Å². The van der Waals surface area contributed by atoms with Crippen LogP contribution < -0.4 is 0 Å². The van der Waals surface area contributed by atoms with E-state index in [1.54, 1.807) is 0 Å². The normalized spacial score (nSPS) is 19.9. The summed E-state index contributed by atoms with van der Waals surface area (Å²) in [6, 6.07) is 0. The largest absolute Gasteiger partial charge is 0.317 e. The van der Waals surface area contributed by atoms with Crippen molar-refractivity contribution in [3.05, 3.63) is 11.4 Å². The summed E-state index contributed by atoms with van der Waals surface area (Å²) in [6.07, 6.45) is 6.74. The lowest BCUT2D eigenvalue weighted by Crippen LogP contribution is -1.93. The second-order valence-corrected chi connectivity index (χ2v) is 2.82.